The van der Waals surface area contributed by atoms with E-state index in [-0.39, 0.29) is 5.91 Å². The summed E-state index contributed by atoms with van der Waals surface area (Å²) < 4.78 is 4.82. The van der Waals surface area contributed by atoms with Crippen molar-refractivity contribution in [2.45, 2.75) is 12.5 Å². The zero-order valence-corrected chi connectivity index (χ0v) is 19.8. The largest absolute Gasteiger partial charge is 0.465 e. The molecule has 1 heterocycles. The lowest BCUT2D eigenvalue weighted by atomic mass is 9.90. The molecule has 1 aliphatic rings. The third-order valence-electron chi connectivity index (χ3n) is 6.10. The van der Waals surface area contributed by atoms with Gasteiger partial charge in [0, 0.05) is 17.9 Å². The standard InChI is InChI=1S/C30H25N3O3/c1-36-30(35)22-14-17-25-26(18-22)33-29(34)27(25)28(21-8-4-2-5-9-21)32-24-15-12-20(13-16-24)19-31-23-10-6-3-7-11-23/h2-18,27,31H,19H2,1H3,(H,33,34). The number of rotatable bonds is 7. The number of ether oxygens (including phenoxy) is 1. The first-order valence-corrected chi connectivity index (χ1v) is 11.7. The molecule has 0 aromatic heterocycles. The lowest BCUT2D eigenvalue weighted by Gasteiger charge is -2.14. The van der Waals surface area contributed by atoms with Crippen LogP contribution in [0.15, 0.2) is 108 Å². The number of carbonyl (C=O) groups excluding carboxylic acids is 2. The molecule has 5 rings (SSSR count). The number of fused-ring (bicyclic) bond motifs is 1. The zero-order valence-electron chi connectivity index (χ0n) is 19.8. The molecular weight excluding hydrogens is 450 g/mol. The minimum atomic E-state index is -0.603. The molecule has 0 spiro atoms. The molecule has 2 N–H and O–H groups in total. The maximum Gasteiger partial charge on any atom is 0.337 e. The van der Waals surface area contributed by atoms with Gasteiger partial charge in [-0.05, 0) is 53.1 Å². The number of para-hydroxylation sites is 1. The van der Waals surface area contributed by atoms with Crippen molar-refractivity contribution in [2.75, 3.05) is 17.7 Å². The Bertz CT molecular complexity index is 1420. The summed E-state index contributed by atoms with van der Waals surface area (Å²) >= 11 is 0. The lowest BCUT2D eigenvalue weighted by Crippen LogP contribution is -2.21. The summed E-state index contributed by atoms with van der Waals surface area (Å²) in [4.78, 5) is 30.0. The Kier molecular flexibility index (Phi) is 6.58. The molecule has 4 aromatic carbocycles. The molecule has 1 unspecified atom stereocenters. The van der Waals surface area contributed by atoms with Crippen molar-refractivity contribution in [1.29, 1.82) is 0 Å². The fraction of sp³-hybridized carbons (Fsp3) is 0.100. The third kappa shape index (κ3) is 4.88. The molecule has 0 aliphatic carbocycles. The van der Waals surface area contributed by atoms with Crippen LogP contribution in [0.25, 0.3) is 0 Å². The Morgan fingerprint density at radius 2 is 1.58 bits per heavy atom. The highest BCUT2D eigenvalue weighted by Gasteiger charge is 2.35. The van der Waals surface area contributed by atoms with Crippen LogP contribution in [0.1, 0.15) is 33.0 Å². The van der Waals surface area contributed by atoms with Crippen molar-refractivity contribution in [1.82, 2.24) is 0 Å². The van der Waals surface area contributed by atoms with E-state index in [1.54, 1.807) is 18.2 Å². The molecule has 1 aliphatic heterocycles. The number of methoxy groups -OCH3 is 1. The van der Waals surface area contributed by atoms with Crippen LogP contribution in [0.3, 0.4) is 0 Å². The summed E-state index contributed by atoms with van der Waals surface area (Å²) in [5.74, 6) is -1.24. The van der Waals surface area contributed by atoms with Gasteiger partial charge in [-0.3, -0.25) is 9.79 Å². The van der Waals surface area contributed by atoms with Gasteiger partial charge >= 0.3 is 5.97 Å². The monoisotopic (exact) mass is 475 g/mol. The van der Waals surface area contributed by atoms with E-state index in [0.717, 1.165) is 28.1 Å². The van der Waals surface area contributed by atoms with Gasteiger partial charge in [-0.15, -0.1) is 0 Å². The molecule has 178 valence electrons. The van der Waals surface area contributed by atoms with Gasteiger partial charge in [0.2, 0.25) is 5.91 Å². The third-order valence-corrected chi connectivity index (χ3v) is 6.10. The summed E-state index contributed by atoms with van der Waals surface area (Å²) in [5.41, 5.74) is 6.20. The molecule has 0 fully saturated rings. The number of hydrogen-bond donors (Lipinski definition) is 2. The average molecular weight is 476 g/mol. The number of carbonyl (C=O) groups is 2. The van der Waals surface area contributed by atoms with Gasteiger partial charge in [0.05, 0.1) is 24.1 Å². The molecule has 6 nitrogen and oxygen atoms in total. The van der Waals surface area contributed by atoms with Crippen LogP contribution in [0.5, 0.6) is 0 Å². The number of nitrogens with zero attached hydrogens (tertiary/aromatic N) is 1. The van der Waals surface area contributed by atoms with Crippen molar-refractivity contribution in [3.8, 4) is 0 Å². The SMILES string of the molecule is COC(=O)c1ccc2c(c1)NC(=O)C2C(=Nc1ccc(CNc2ccccc2)cc1)c1ccccc1. The van der Waals surface area contributed by atoms with Crippen LogP contribution in [-0.2, 0) is 16.1 Å². The zero-order chi connectivity index (χ0) is 24.9. The molecule has 0 saturated carbocycles. The fourth-order valence-electron chi connectivity index (χ4n) is 4.27. The van der Waals surface area contributed by atoms with E-state index in [1.165, 1.54) is 7.11 Å². The summed E-state index contributed by atoms with van der Waals surface area (Å²) in [6.07, 6.45) is 0. The van der Waals surface area contributed by atoms with Crippen molar-refractivity contribution in [2.24, 2.45) is 4.99 Å². The number of hydrogen-bond acceptors (Lipinski definition) is 5. The van der Waals surface area contributed by atoms with Gasteiger partial charge in [0.1, 0.15) is 5.92 Å². The first-order valence-electron chi connectivity index (χ1n) is 11.7. The Morgan fingerprint density at radius 3 is 2.28 bits per heavy atom. The van der Waals surface area contributed by atoms with E-state index in [2.05, 4.69) is 10.6 Å². The predicted molar refractivity (Wildman–Crippen MR) is 142 cm³/mol. The average Bonchev–Trinajstić information content (AvgIpc) is 3.26. The maximum absolute atomic E-state index is 13.1. The molecule has 36 heavy (non-hydrogen) atoms. The predicted octanol–water partition coefficient (Wildman–Crippen LogP) is 5.94. The highest BCUT2D eigenvalue weighted by atomic mass is 16.5. The molecule has 1 atom stereocenters. The number of esters is 1. The number of aliphatic imine (C=N–C) groups is 1. The Labute approximate surface area is 209 Å². The van der Waals surface area contributed by atoms with Crippen LogP contribution in [-0.4, -0.2) is 24.7 Å². The molecule has 6 heteroatoms. The Morgan fingerprint density at radius 1 is 0.889 bits per heavy atom. The van der Waals surface area contributed by atoms with Gasteiger partial charge in [-0.1, -0.05) is 66.7 Å². The van der Waals surface area contributed by atoms with Crippen LogP contribution < -0.4 is 10.6 Å². The van der Waals surface area contributed by atoms with Crippen molar-refractivity contribution in [3.05, 3.63) is 125 Å². The minimum absolute atomic E-state index is 0.182. The highest BCUT2D eigenvalue weighted by Crippen LogP contribution is 2.37. The number of anilines is 2. The van der Waals surface area contributed by atoms with E-state index >= 15 is 0 Å². The fourth-order valence-corrected chi connectivity index (χ4v) is 4.27. The molecular formula is C30H25N3O3. The molecule has 0 radical (unpaired) electrons. The minimum Gasteiger partial charge on any atom is -0.465 e. The smallest absolute Gasteiger partial charge is 0.337 e. The van der Waals surface area contributed by atoms with Crippen LogP contribution in [0.4, 0.5) is 17.1 Å². The normalized spacial score (nSPS) is 14.6. The van der Waals surface area contributed by atoms with Crippen LogP contribution >= 0.6 is 0 Å². The molecule has 0 bridgehead atoms. The summed E-state index contributed by atoms with van der Waals surface area (Å²) in [7, 11) is 1.33. The van der Waals surface area contributed by atoms with E-state index in [0.29, 0.717) is 23.5 Å². The second-order valence-electron chi connectivity index (χ2n) is 8.46. The lowest BCUT2D eigenvalue weighted by molar-refractivity contribution is -0.115. The first-order chi connectivity index (χ1) is 17.6. The van der Waals surface area contributed by atoms with Gasteiger partial charge < -0.3 is 15.4 Å². The molecule has 1 amide bonds. The quantitative estimate of drug-likeness (QED) is 0.256. The topological polar surface area (TPSA) is 79.8 Å². The molecule has 0 saturated heterocycles. The Hall–Kier alpha value is -4.71. The van der Waals surface area contributed by atoms with Crippen molar-refractivity contribution >= 4 is 34.7 Å². The van der Waals surface area contributed by atoms with E-state index < -0.39 is 11.9 Å². The van der Waals surface area contributed by atoms with Crippen molar-refractivity contribution < 1.29 is 14.3 Å². The van der Waals surface area contributed by atoms with Gasteiger partial charge in [0.25, 0.3) is 0 Å². The van der Waals surface area contributed by atoms with E-state index in [9.17, 15) is 9.59 Å². The molecule has 4 aromatic rings. The number of amides is 1. The van der Waals surface area contributed by atoms with E-state index in [1.807, 2.05) is 84.9 Å². The van der Waals surface area contributed by atoms with Gasteiger partial charge in [-0.2, -0.15) is 0 Å². The number of benzene rings is 4. The number of nitrogens with one attached hydrogen (secondary N) is 2. The highest BCUT2D eigenvalue weighted by molar-refractivity contribution is 6.24. The van der Waals surface area contributed by atoms with Crippen LogP contribution in [0, 0.1) is 0 Å². The maximum atomic E-state index is 13.1. The van der Waals surface area contributed by atoms with Crippen LogP contribution in [0.2, 0.25) is 0 Å². The summed E-state index contributed by atoms with van der Waals surface area (Å²) in [6.45, 7) is 0.695. The first kappa shape index (κ1) is 23.1. The Balaban J connectivity index is 1.46. The van der Waals surface area contributed by atoms with E-state index in [4.69, 9.17) is 9.73 Å². The second-order valence-corrected chi connectivity index (χ2v) is 8.46. The van der Waals surface area contributed by atoms with Gasteiger partial charge in [-0.25, -0.2) is 4.79 Å². The second kappa shape index (κ2) is 10.3. The summed E-state index contributed by atoms with van der Waals surface area (Å²) in [6, 6.07) is 32.8. The van der Waals surface area contributed by atoms with Crippen molar-refractivity contribution in [3.63, 3.8) is 0 Å². The summed E-state index contributed by atoms with van der Waals surface area (Å²) in [5, 5.41) is 6.31. The van der Waals surface area contributed by atoms with Gasteiger partial charge in [0.15, 0.2) is 0 Å².